The highest BCUT2D eigenvalue weighted by Crippen LogP contribution is 2.44. The number of aromatic nitrogens is 4. The van der Waals surface area contributed by atoms with E-state index in [2.05, 4.69) is 4.98 Å². The van der Waals surface area contributed by atoms with Gasteiger partial charge in [0.15, 0.2) is 5.88 Å². The summed E-state index contributed by atoms with van der Waals surface area (Å²) in [6.45, 7) is 0.500. The van der Waals surface area contributed by atoms with E-state index < -0.39 is 16.6 Å². The molecule has 1 aliphatic heterocycles. The molecule has 11 nitrogen and oxygen atoms in total. The third kappa shape index (κ3) is 4.30. The summed E-state index contributed by atoms with van der Waals surface area (Å²) < 4.78 is 61.3. The predicted molar refractivity (Wildman–Crippen MR) is 152 cm³/mol. The second-order valence-electron chi connectivity index (χ2n) is 11.6. The number of nitrogens with two attached hydrogens (primary N) is 1. The number of alkyl halides is 2. The Labute approximate surface area is 240 Å². The molecule has 1 amide bonds. The van der Waals surface area contributed by atoms with Gasteiger partial charge in [-0.2, -0.15) is 13.1 Å². The van der Waals surface area contributed by atoms with Crippen LogP contribution in [0.15, 0.2) is 30.3 Å². The Bertz CT molecular complexity index is 1850. The maximum Gasteiger partial charge on any atom is 0.329 e. The van der Waals surface area contributed by atoms with Crippen molar-refractivity contribution in [2.45, 2.75) is 38.9 Å². The van der Waals surface area contributed by atoms with Crippen molar-refractivity contribution >= 4 is 38.4 Å². The van der Waals surface area contributed by atoms with Crippen molar-refractivity contribution in [2.24, 2.45) is 23.5 Å². The number of pyridine rings is 2. The summed E-state index contributed by atoms with van der Waals surface area (Å²) in [5.74, 6) is 1.14. The fourth-order valence-corrected chi connectivity index (χ4v) is 7.04. The molecule has 222 valence electrons. The van der Waals surface area contributed by atoms with Crippen molar-refractivity contribution in [3.05, 3.63) is 41.6 Å². The number of carbonyl (C=O) groups excluding carboxylic acids is 1. The number of imidazole rings is 1. The smallest absolute Gasteiger partial charge is 0.329 e. The highest BCUT2D eigenvalue weighted by Gasteiger charge is 2.54. The lowest BCUT2D eigenvalue weighted by molar-refractivity contribution is 0.0772. The van der Waals surface area contributed by atoms with Gasteiger partial charge < -0.3 is 19.9 Å². The molecular formula is C28H31F2N7O4S. The van der Waals surface area contributed by atoms with Crippen molar-refractivity contribution in [2.75, 3.05) is 30.8 Å². The standard InChI is InChI=1S/C28H31F2N7O4S/c1-14-25(32-22-9-17(10-23(41-2)36(14)22)27(38)34-12-18-19(13-34)24(18)31)20-8-16-6-7-21(37(28(29)30)42(3,39)40)33-26(16)35(20)11-15-4-5-15/h6-10,15,18-19,24,28H,4-5,11-13,31H2,1-3H3/t18-,19+,24-. The zero-order chi connectivity index (χ0) is 29.7. The number of ether oxygens (including phenoxy) is 1. The number of hydrogen-bond acceptors (Lipinski definition) is 7. The van der Waals surface area contributed by atoms with E-state index in [1.54, 1.807) is 18.2 Å². The average Bonchev–Trinajstić information content (AvgIpc) is 3.69. The van der Waals surface area contributed by atoms with E-state index in [1.807, 2.05) is 26.9 Å². The SMILES string of the molecule is COc1cc(C(=O)N2C[C@@H]3[C@H](N)[C@@H]3C2)cc2nc(-c3cc4ccc(N(C(F)F)S(C)(=O)=O)nc4n3CC3CC3)c(C)n12. The molecule has 42 heavy (non-hydrogen) atoms. The zero-order valence-electron chi connectivity index (χ0n) is 23.4. The van der Waals surface area contributed by atoms with Crippen molar-refractivity contribution in [1.82, 2.24) is 23.8 Å². The second-order valence-corrected chi connectivity index (χ2v) is 13.5. The summed E-state index contributed by atoms with van der Waals surface area (Å²) in [6.07, 6.45) is 2.78. The lowest BCUT2D eigenvalue weighted by atomic mass is 10.2. The summed E-state index contributed by atoms with van der Waals surface area (Å²) in [4.78, 5) is 24.5. The third-order valence-electron chi connectivity index (χ3n) is 8.79. The quantitative estimate of drug-likeness (QED) is 0.308. The molecule has 2 N–H and O–H groups in total. The van der Waals surface area contributed by atoms with Gasteiger partial charge in [0.2, 0.25) is 10.0 Å². The van der Waals surface area contributed by atoms with E-state index in [0.29, 0.717) is 76.9 Å². The van der Waals surface area contributed by atoms with Gasteiger partial charge in [-0.1, -0.05) is 0 Å². The minimum absolute atomic E-state index is 0.0255. The maximum absolute atomic E-state index is 13.8. The van der Waals surface area contributed by atoms with Crippen LogP contribution < -0.4 is 14.8 Å². The molecule has 0 unspecified atom stereocenters. The molecule has 3 atom stereocenters. The number of fused-ring (bicyclic) bond motifs is 3. The van der Waals surface area contributed by atoms with Crippen LogP contribution in [0.3, 0.4) is 0 Å². The van der Waals surface area contributed by atoms with Gasteiger partial charge in [0, 0.05) is 42.7 Å². The zero-order valence-corrected chi connectivity index (χ0v) is 24.2. The number of halogens is 2. The molecule has 4 aromatic rings. The molecular weight excluding hydrogens is 568 g/mol. The molecule has 3 aliphatic rings. The van der Waals surface area contributed by atoms with Crippen LogP contribution in [0.2, 0.25) is 0 Å². The van der Waals surface area contributed by atoms with E-state index in [0.717, 1.165) is 24.8 Å². The minimum Gasteiger partial charge on any atom is -0.482 e. The summed E-state index contributed by atoms with van der Waals surface area (Å²) in [7, 11) is -2.72. The van der Waals surface area contributed by atoms with Gasteiger partial charge in [0.25, 0.3) is 5.91 Å². The molecule has 0 aromatic carbocycles. The molecule has 5 heterocycles. The number of hydrogen-bond donors (Lipinski definition) is 1. The van der Waals surface area contributed by atoms with Crippen molar-refractivity contribution in [3.8, 4) is 17.3 Å². The van der Waals surface area contributed by atoms with Crippen LogP contribution in [0, 0.1) is 24.7 Å². The van der Waals surface area contributed by atoms with Crippen molar-refractivity contribution < 1.29 is 26.7 Å². The van der Waals surface area contributed by atoms with Gasteiger partial charge in [-0.3, -0.25) is 9.20 Å². The number of sulfonamides is 1. The molecule has 14 heteroatoms. The van der Waals surface area contributed by atoms with Crippen LogP contribution in [-0.4, -0.2) is 77.2 Å². The number of anilines is 1. The molecule has 2 aliphatic carbocycles. The Balaban J connectivity index is 1.34. The Morgan fingerprint density at radius 3 is 2.50 bits per heavy atom. The molecule has 0 radical (unpaired) electrons. The van der Waals surface area contributed by atoms with Crippen molar-refractivity contribution in [3.63, 3.8) is 0 Å². The maximum atomic E-state index is 13.8. The van der Waals surface area contributed by atoms with E-state index in [4.69, 9.17) is 15.5 Å². The van der Waals surface area contributed by atoms with Crippen molar-refractivity contribution in [1.29, 1.82) is 0 Å². The number of aryl methyl sites for hydroxylation is 1. The molecule has 3 fully saturated rings. The number of amides is 1. The van der Waals surface area contributed by atoms with Gasteiger partial charge in [-0.25, -0.2) is 18.4 Å². The summed E-state index contributed by atoms with van der Waals surface area (Å²) >= 11 is 0. The number of methoxy groups -OCH3 is 1. The monoisotopic (exact) mass is 599 g/mol. The van der Waals surface area contributed by atoms with Gasteiger partial charge >= 0.3 is 6.55 Å². The van der Waals surface area contributed by atoms with Gasteiger partial charge in [0.1, 0.15) is 22.8 Å². The average molecular weight is 600 g/mol. The van der Waals surface area contributed by atoms with Crippen LogP contribution >= 0.6 is 0 Å². The fourth-order valence-electron chi connectivity index (χ4n) is 6.31. The fraction of sp³-hybridized carbons (Fsp3) is 0.464. The normalized spacial score (nSPS) is 21.9. The molecule has 0 spiro atoms. The highest BCUT2D eigenvalue weighted by molar-refractivity contribution is 7.92. The second kappa shape index (κ2) is 9.36. The Morgan fingerprint density at radius 1 is 1.17 bits per heavy atom. The number of piperidine rings is 1. The van der Waals surface area contributed by atoms with Gasteiger partial charge in [0.05, 0.1) is 24.8 Å². The Hall–Kier alpha value is -3.78. The first-order valence-electron chi connectivity index (χ1n) is 13.9. The van der Waals surface area contributed by atoms with Gasteiger partial charge in [-0.05, 0) is 61.8 Å². The Kier molecular flexibility index (Phi) is 6.04. The molecule has 7 rings (SSSR count). The highest BCUT2D eigenvalue weighted by atomic mass is 32.2. The number of likely N-dealkylation sites (tertiary alicyclic amines) is 1. The lowest BCUT2D eigenvalue weighted by Crippen LogP contribution is -2.35. The summed E-state index contributed by atoms with van der Waals surface area (Å²) in [5.41, 5.74) is 9.57. The Morgan fingerprint density at radius 2 is 1.88 bits per heavy atom. The number of carbonyl (C=O) groups is 1. The first kappa shape index (κ1) is 27.1. The van der Waals surface area contributed by atoms with Crippen LogP contribution in [-0.2, 0) is 16.6 Å². The minimum atomic E-state index is -4.26. The lowest BCUT2D eigenvalue weighted by Gasteiger charge is -2.20. The van der Waals surface area contributed by atoms with Gasteiger partial charge in [-0.15, -0.1) is 0 Å². The third-order valence-corrected chi connectivity index (χ3v) is 9.85. The predicted octanol–water partition coefficient (Wildman–Crippen LogP) is 3.10. The first-order valence-corrected chi connectivity index (χ1v) is 15.7. The topological polar surface area (TPSA) is 128 Å². The van der Waals surface area contributed by atoms with E-state index in [-0.39, 0.29) is 22.1 Å². The van der Waals surface area contributed by atoms with E-state index in [1.165, 1.54) is 13.2 Å². The van der Waals surface area contributed by atoms with Crippen LogP contribution in [0.25, 0.3) is 28.1 Å². The molecule has 0 bridgehead atoms. The van der Waals surface area contributed by atoms with E-state index >= 15 is 0 Å². The summed E-state index contributed by atoms with van der Waals surface area (Å²) in [5, 5.41) is 0.669. The van der Waals surface area contributed by atoms with E-state index in [9.17, 15) is 22.0 Å². The molecule has 2 saturated carbocycles. The summed E-state index contributed by atoms with van der Waals surface area (Å²) in [6, 6.07) is 8.42. The van der Waals surface area contributed by atoms with Crippen LogP contribution in [0.4, 0.5) is 14.6 Å². The molecule has 4 aromatic heterocycles. The number of rotatable bonds is 8. The van der Waals surface area contributed by atoms with Crippen LogP contribution in [0.5, 0.6) is 5.88 Å². The molecule has 1 saturated heterocycles. The largest absolute Gasteiger partial charge is 0.482 e. The van der Waals surface area contributed by atoms with Crippen LogP contribution in [0.1, 0.15) is 28.9 Å². The first-order chi connectivity index (χ1) is 20.0. The number of nitrogens with zero attached hydrogens (tertiary/aromatic N) is 6.